The third-order valence-electron chi connectivity index (χ3n) is 7.19. The number of hydrogen-bond donors (Lipinski definition) is 1. The molecular formula is C24H36N4O3. The van der Waals surface area contributed by atoms with E-state index >= 15 is 0 Å². The minimum absolute atomic E-state index is 0.00886. The van der Waals surface area contributed by atoms with Crippen molar-refractivity contribution in [1.82, 2.24) is 14.9 Å². The number of nitrogens with zero attached hydrogens (tertiary/aromatic N) is 4. The lowest BCUT2D eigenvalue weighted by atomic mass is 9.82. The first-order valence-electron chi connectivity index (χ1n) is 12.1. The summed E-state index contributed by atoms with van der Waals surface area (Å²) in [6.45, 7) is 5.39. The molecule has 2 fully saturated rings. The standard InChI is InChI=1S/C24H36N4O3/c1-3-14-28-20(29)11-10-18-17(2)25-22(26-23(18)28)19-9-5-8-15-27(19)21(30)16-24(31)12-6-4-7-13-24/h19,31H,3-16H2,1-2H3/t19-/m1/s1. The first kappa shape index (κ1) is 22.2. The van der Waals surface area contributed by atoms with E-state index in [0.717, 1.165) is 62.0 Å². The average molecular weight is 429 g/mol. The van der Waals surface area contributed by atoms with Gasteiger partial charge in [0.15, 0.2) is 5.82 Å². The van der Waals surface area contributed by atoms with E-state index < -0.39 is 5.60 Å². The molecule has 1 aliphatic carbocycles. The predicted molar refractivity (Wildman–Crippen MR) is 119 cm³/mol. The van der Waals surface area contributed by atoms with E-state index in [1.165, 1.54) is 0 Å². The lowest BCUT2D eigenvalue weighted by Gasteiger charge is -2.39. The molecule has 1 aromatic heterocycles. The van der Waals surface area contributed by atoms with Crippen LogP contribution in [0.25, 0.3) is 0 Å². The van der Waals surface area contributed by atoms with Gasteiger partial charge in [0.05, 0.1) is 18.1 Å². The number of carbonyl (C=O) groups excluding carboxylic acids is 2. The average Bonchev–Trinajstić information content (AvgIpc) is 2.76. The fourth-order valence-electron chi connectivity index (χ4n) is 5.47. The molecule has 0 radical (unpaired) electrons. The van der Waals surface area contributed by atoms with Gasteiger partial charge < -0.3 is 10.0 Å². The summed E-state index contributed by atoms with van der Waals surface area (Å²) in [7, 11) is 0. The quantitative estimate of drug-likeness (QED) is 0.774. The SMILES string of the molecule is CCCN1C(=O)CCc2c(C)nc([C@H]3CCCCN3C(=O)CC3(O)CCCCC3)nc21. The Balaban J connectivity index is 1.61. The number of aromatic nitrogens is 2. The minimum Gasteiger partial charge on any atom is -0.389 e. The van der Waals surface area contributed by atoms with Gasteiger partial charge in [-0.3, -0.25) is 14.5 Å². The van der Waals surface area contributed by atoms with Crippen LogP contribution in [0.5, 0.6) is 0 Å². The molecule has 2 amide bonds. The third-order valence-corrected chi connectivity index (χ3v) is 7.19. The lowest BCUT2D eigenvalue weighted by molar-refractivity contribution is -0.142. The van der Waals surface area contributed by atoms with Gasteiger partial charge in [-0.25, -0.2) is 9.97 Å². The van der Waals surface area contributed by atoms with E-state index in [0.29, 0.717) is 44.6 Å². The van der Waals surface area contributed by atoms with Crippen molar-refractivity contribution in [1.29, 1.82) is 0 Å². The van der Waals surface area contributed by atoms with Gasteiger partial charge in [-0.2, -0.15) is 0 Å². The van der Waals surface area contributed by atoms with Crippen molar-refractivity contribution in [3.8, 4) is 0 Å². The van der Waals surface area contributed by atoms with Crippen LogP contribution in [-0.2, 0) is 16.0 Å². The Morgan fingerprint density at radius 1 is 1.13 bits per heavy atom. The molecule has 3 aliphatic rings. The maximum absolute atomic E-state index is 13.3. The van der Waals surface area contributed by atoms with Crippen LogP contribution in [0.1, 0.15) is 101 Å². The highest BCUT2D eigenvalue weighted by atomic mass is 16.3. The van der Waals surface area contributed by atoms with E-state index in [4.69, 9.17) is 9.97 Å². The minimum atomic E-state index is -0.867. The summed E-state index contributed by atoms with van der Waals surface area (Å²) >= 11 is 0. The van der Waals surface area contributed by atoms with Crippen LogP contribution in [0.3, 0.4) is 0 Å². The second-order valence-corrected chi connectivity index (χ2v) is 9.58. The summed E-state index contributed by atoms with van der Waals surface area (Å²) in [6, 6.07) is -0.182. The van der Waals surface area contributed by atoms with Crippen molar-refractivity contribution in [2.45, 2.75) is 103 Å². The smallest absolute Gasteiger partial charge is 0.228 e. The fourth-order valence-corrected chi connectivity index (χ4v) is 5.47. The Bertz CT molecular complexity index is 834. The molecule has 1 atom stereocenters. The van der Waals surface area contributed by atoms with Gasteiger partial charge in [0.2, 0.25) is 11.8 Å². The zero-order chi connectivity index (χ0) is 22.0. The summed E-state index contributed by atoms with van der Waals surface area (Å²) in [5.41, 5.74) is 1.10. The molecule has 7 nitrogen and oxygen atoms in total. The fraction of sp³-hybridized carbons (Fsp3) is 0.750. The number of rotatable bonds is 5. The normalized spacial score (nSPS) is 23.6. The molecule has 0 unspecified atom stereocenters. The summed E-state index contributed by atoms with van der Waals surface area (Å²) in [4.78, 5) is 39.2. The molecule has 1 aromatic rings. The molecule has 170 valence electrons. The Morgan fingerprint density at radius 3 is 2.65 bits per heavy atom. The Hall–Kier alpha value is -2.02. The zero-order valence-electron chi connectivity index (χ0n) is 19.0. The molecule has 4 rings (SSSR count). The van der Waals surface area contributed by atoms with Crippen LogP contribution in [0.2, 0.25) is 0 Å². The van der Waals surface area contributed by atoms with Gasteiger partial charge in [0.25, 0.3) is 0 Å². The number of aryl methyl sites for hydroxylation is 1. The highest BCUT2D eigenvalue weighted by Gasteiger charge is 2.38. The molecule has 31 heavy (non-hydrogen) atoms. The zero-order valence-corrected chi connectivity index (χ0v) is 19.0. The first-order chi connectivity index (χ1) is 14.9. The van der Waals surface area contributed by atoms with Crippen molar-refractivity contribution in [2.75, 3.05) is 18.0 Å². The maximum Gasteiger partial charge on any atom is 0.228 e. The molecule has 0 bridgehead atoms. The molecule has 0 spiro atoms. The van der Waals surface area contributed by atoms with E-state index in [1.807, 2.05) is 11.8 Å². The summed E-state index contributed by atoms with van der Waals surface area (Å²) in [5.74, 6) is 1.52. The molecular weight excluding hydrogens is 392 g/mol. The third kappa shape index (κ3) is 4.61. The van der Waals surface area contributed by atoms with Gasteiger partial charge in [-0.15, -0.1) is 0 Å². The molecule has 2 aliphatic heterocycles. The molecule has 7 heteroatoms. The number of piperidine rings is 1. The topological polar surface area (TPSA) is 86.6 Å². The van der Waals surface area contributed by atoms with Crippen LogP contribution in [0, 0.1) is 6.92 Å². The number of aliphatic hydroxyl groups is 1. The van der Waals surface area contributed by atoms with Crippen LogP contribution >= 0.6 is 0 Å². The van der Waals surface area contributed by atoms with Crippen LogP contribution in [0.4, 0.5) is 5.82 Å². The van der Waals surface area contributed by atoms with E-state index in [9.17, 15) is 14.7 Å². The molecule has 0 aromatic carbocycles. The van der Waals surface area contributed by atoms with Crippen LogP contribution in [0.15, 0.2) is 0 Å². The summed E-state index contributed by atoms with van der Waals surface area (Å²) in [5, 5.41) is 10.9. The number of hydrogen-bond acceptors (Lipinski definition) is 5. The van der Waals surface area contributed by atoms with Crippen molar-refractivity contribution >= 4 is 17.6 Å². The van der Waals surface area contributed by atoms with Gasteiger partial charge in [-0.05, 0) is 51.9 Å². The van der Waals surface area contributed by atoms with Crippen molar-refractivity contribution in [2.24, 2.45) is 0 Å². The molecule has 1 saturated heterocycles. The molecule has 3 heterocycles. The van der Waals surface area contributed by atoms with Crippen molar-refractivity contribution in [3.05, 3.63) is 17.1 Å². The van der Waals surface area contributed by atoms with Crippen molar-refractivity contribution < 1.29 is 14.7 Å². The molecule has 1 N–H and O–H groups in total. The first-order valence-corrected chi connectivity index (χ1v) is 12.1. The Kier molecular flexibility index (Phi) is 6.60. The van der Waals surface area contributed by atoms with Crippen LogP contribution < -0.4 is 4.90 Å². The van der Waals surface area contributed by atoms with E-state index in [-0.39, 0.29) is 24.3 Å². The maximum atomic E-state index is 13.3. The highest BCUT2D eigenvalue weighted by molar-refractivity contribution is 5.95. The second-order valence-electron chi connectivity index (χ2n) is 9.58. The van der Waals surface area contributed by atoms with Gasteiger partial charge in [-0.1, -0.05) is 26.2 Å². The Labute approximate surface area is 185 Å². The predicted octanol–water partition coefficient (Wildman–Crippen LogP) is 3.61. The van der Waals surface area contributed by atoms with Gasteiger partial charge in [0, 0.05) is 30.8 Å². The van der Waals surface area contributed by atoms with Gasteiger partial charge >= 0.3 is 0 Å². The number of likely N-dealkylation sites (tertiary alicyclic amines) is 1. The highest BCUT2D eigenvalue weighted by Crippen LogP contribution is 2.36. The number of fused-ring (bicyclic) bond motifs is 1. The van der Waals surface area contributed by atoms with Crippen LogP contribution in [-0.4, -0.2) is 50.5 Å². The number of carbonyl (C=O) groups is 2. The molecule has 1 saturated carbocycles. The Morgan fingerprint density at radius 2 is 1.90 bits per heavy atom. The van der Waals surface area contributed by atoms with E-state index in [2.05, 4.69) is 6.92 Å². The summed E-state index contributed by atoms with van der Waals surface area (Å²) < 4.78 is 0. The number of anilines is 1. The lowest BCUT2D eigenvalue weighted by Crippen LogP contribution is -2.44. The second kappa shape index (κ2) is 9.23. The summed E-state index contributed by atoms with van der Waals surface area (Å²) in [6.07, 6.45) is 9.58. The van der Waals surface area contributed by atoms with Crippen molar-refractivity contribution in [3.63, 3.8) is 0 Å². The monoisotopic (exact) mass is 428 g/mol. The largest absolute Gasteiger partial charge is 0.389 e. The number of amides is 2. The van der Waals surface area contributed by atoms with Gasteiger partial charge in [0.1, 0.15) is 5.82 Å². The van der Waals surface area contributed by atoms with E-state index in [1.54, 1.807) is 4.90 Å².